The van der Waals surface area contributed by atoms with Gasteiger partial charge in [-0.3, -0.25) is 14.8 Å². The monoisotopic (exact) mass is 396 g/mol. The molecule has 3 aromatic rings. The fourth-order valence-electron chi connectivity index (χ4n) is 3.55. The minimum Gasteiger partial charge on any atom is -0.364 e. The van der Waals surface area contributed by atoms with Crippen LogP contribution in [0.4, 0.5) is 14.7 Å². The number of alkyl halides is 1. The van der Waals surface area contributed by atoms with Crippen LogP contribution in [0.5, 0.6) is 0 Å². The molecule has 0 spiro atoms. The van der Waals surface area contributed by atoms with Crippen LogP contribution in [-0.2, 0) is 5.41 Å². The molecule has 7 nitrogen and oxygen atoms in total. The first-order chi connectivity index (χ1) is 14.0. The Morgan fingerprint density at radius 2 is 1.90 bits per heavy atom. The summed E-state index contributed by atoms with van der Waals surface area (Å²) in [4.78, 5) is 27.8. The first-order valence-corrected chi connectivity index (χ1v) is 9.04. The van der Waals surface area contributed by atoms with Gasteiger partial charge in [-0.2, -0.15) is 0 Å². The lowest BCUT2D eigenvalue weighted by molar-refractivity contribution is 0.0963. The Morgan fingerprint density at radius 1 is 1.14 bits per heavy atom. The number of hydrogen-bond donors (Lipinski definition) is 2. The number of primary amides is 1. The molecule has 148 valence electrons. The van der Waals surface area contributed by atoms with E-state index >= 15 is 0 Å². The van der Waals surface area contributed by atoms with Gasteiger partial charge in [0, 0.05) is 42.3 Å². The predicted molar refractivity (Wildman–Crippen MR) is 102 cm³/mol. The molecule has 0 atom stereocenters. The number of anilines is 1. The molecule has 3 aromatic heterocycles. The number of nitrogens with one attached hydrogen (secondary N) is 1. The van der Waals surface area contributed by atoms with Gasteiger partial charge in [0.25, 0.3) is 5.91 Å². The molecular weight excluding hydrogens is 378 g/mol. The van der Waals surface area contributed by atoms with Crippen molar-refractivity contribution in [1.82, 2.24) is 19.9 Å². The molecule has 1 saturated carbocycles. The minimum atomic E-state index is -0.979. The largest absolute Gasteiger partial charge is 0.364 e. The number of halogens is 2. The van der Waals surface area contributed by atoms with Crippen molar-refractivity contribution in [2.24, 2.45) is 5.73 Å². The van der Waals surface area contributed by atoms with E-state index in [1.165, 1.54) is 24.5 Å². The number of amides is 1. The lowest BCUT2D eigenvalue weighted by Gasteiger charge is -2.43. The van der Waals surface area contributed by atoms with Crippen molar-refractivity contribution in [1.29, 1.82) is 0 Å². The number of pyridine rings is 2. The van der Waals surface area contributed by atoms with E-state index in [2.05, 4.69) is 25.3 Å². The molecule has 0 bridgehead atoms. The topological polar surface area (TPSA) is 107 Å². The lowest BCUT2D eigenvalue weighted by Crippen LogP contribution is -2.49. The second-order valence-corrected chi connectivity index (χ2v) is 7.06. The average Bonchev–Trinajstić information content (AvgIpc) is 2.71. The SMILES string of the molecule is NC(=O)c1cc(-c2cnc(NCC3(c4ncccc4F)CC(F)C3)nc2)ccn1. The number of nitrogens with two attached hydrogens (primary N) is 1. The molecule has 1 fully saturated rings. The summed E-state index contributed by atoms with van der Waals surface area (Å²) in [7, 11) is 0. The van der Waals surface area contributed by atoms with Gasteiger partial charge in [-0.05, 0) is 42.7 Å². The maximum Gasteiger partial charge on any atom is 0.267 e. The van der Waals surface area contributed by atoms with E-state index in [0.29, 0.717) is 17.1 Å². The summed E-state index contributed by atoms with van der Waals surface area (Å²) in [6, 6.07) is 6.11. The van der Waals surface area contributed by atoms with Crippen LogP contribution in [0, 0.1) is 5.82 Å². The molecule has 29 heavy (non-hydrogen) atoms. The number of aromatic nitrogens is 4. The third kappa shape index (κ3) is 3.75. The fraction of sp³-hybridized carbons (Fsp3) is 0.250. The number of hydrogen-bond acceptors (Lipinski definition) is 6. The highest BCUT2D eigenvalue weighted by Crippen LogP contribution is 2.45. The molecular formula is C20H18F2N6O. The van der Waals surface area contributed by atoms with Crippen molar-refractivity contribution < 1.29 is 13.6 Å². The van der Waals surface area contributed by atoms with Crippen LogP contribution in [0.3, 0.4) is 0 Å². The summed E-state index contributed by atoms with van der Waals surface area (Å²) >= 11 is 0. The van der Waals surface area contributed by atoms with Crippen LogP contribution in [0.25, 0.3) is 11.1 Å². The van der Waals surface area contributed by atoms with E-state index in [1.54, 1.807) is 24.5 Å². The molecule has 3 heterocycles. The minimum absolute atomic E-state index is 0.148. The molecule has 0 aliphatic heterocycles. The zero-order valence-corrected chi connectivity index (χ0v) is 15.3. The van der Waals surface area contributed by atoms with Crippen molar-refractivity contribution in [2.45, 2.75) is 24.4 Å². The Labute approximate surface area is 165 Å². The van der Waals surface area contributed by atoms with Crippen molar-refractivity contribution >= 4 is 11.9 Å². The summed E-state index contributed by atoms with van der Waals surface area (Å²) < 4.78 is 27.8. The molecule has 1 amide bonds. The van der Waals surface area contributed by atoms with E-state index in [4.69, 9.17) is 5.73 Å². The highest BCUT2D eigenvalue weighted by molar-refractivity contribution is 5.91. The summed E-state index contributed by atoms with van der Waals surface area (Å²) in [5, 5.41) is 3.06. The Hall–Kier alpha value is -3.49. The zero-order chi connectivity index (χ0) is 20.4. The molecule has 1 aliphatic rings. The summed E-state index contributed by atoms with van der Waals surface area (Å²) in [5.41, 5.74) is 6.31. The van der Waals surface area contributed by atoms with E-state index in [1.807, 2.05) is 0 Å². The molecule has 0 radical (unpaired) electrons. The molecule has 0 aromatic carbocycles. The van der Waals surface area contributed by atoms with Gasteiger partial charge < -0.3 is 11.1 Å². The third-order valence-electron chi connectivity index (χ3n) is 5.07. The van der Waals surface area contributed by atoms with Gasteiger partial charge >= 0.3 is 0 Å². The first kappa shape index (κ1) is 18.9. The number of rotatable bonds is 6. The normalized spacial score (nSPS) is 20.7. The van der Waals surface area contributed by atoms with Gasteiger partial charge in [0.15, 0.2) is 0 Å². The Bertz CT molecular complexity index is 1040. The van der Waals surface area contributed by atoms with Crippen LogP contribution < -0.4 is 11.1 Å². The quantitative estimate of drug-likeness (QED) is 0.663. The second-order valence-electron chi connectivity index (χ2n) is 7.06. The van der Waals surface area contributed by atoms with Crippen molar-refractivity contribution in [3.8, 4) is 11.1 Å². The van der Waals surface area contributed by atoms with Crippen LogP contribution in [0.15, 0.2) is 49.1 Å². The van der Waals surface area contributed by atoms with Gasteiger partial charge in [0.1, 0.15) is 17.7 Å². The fourth-order valence-corrected chi connectivity index (χ4v) is 3.55. The lowest BCUT2D eigenvalue weighted by atomic mass is 9.65. The van der Waals surface area contributed by atoms with Gasteiger partial charge in [0.05, 0.1) is 5.69 Å². The number of nitrogens with zero attached hydrogens (tertiary/aromatic N) is 4. The summed E-state index contributed by atoms with van der Waals surface area (Å²) in [5.74, 6) is -0.735. The maximum absolute atomic E-state index is 14.2. The molecule has 0 unspecified atom stereocenters. The smallest absolute Gasteiger partial charge is 0.267 e. The van der Waals surface area contributed by atoms with Gasteiger partial charge in [0.2, 0.25) is 5.95 Å². The highest BCUT2D eigenvalue weighted by Gasteiger charge is 2.48. The van der Waals surface area contributed by atoms with Crippen LogP contribution in [0.2, 0.25) is 0 Å². The van der Waals surface area contributed by atoms with Crippen LogP contribution >= 0.6 is 0 Å². The van der Waals surface area contributed by atoms with E-state index in [-0.39, 0.29) is 30.8 Å². The van der Waals surface area contributed by atoms with Crippen LogP contribution in [-0.4, -0.2) is 38.6 Å². The standard InChI is InChI=1S/C20H18F2N6O/c21-14-7-20(8-14,17-15(22)2-1-4-25-17)11-28-19-26-9-13(10-27-19)12-3-5-24-16(6-12)18(23)29/h1-6,9-10,14H,7-8,11H2,(H2,23,29)(H,26,27,28). The highest BCUT2D eigenvalue weighted by atomic mass is 19.1. The number of carbonyl (C=O) groups is 1. The predicted octanol–water partition coefficient (Wildman–Crippen LogP) is 2.65. The van der Waals surface area contributed by atoms with Crippen molar-refractivity contribution in [3.63, 3.8) is 0 Å². The Kier molecular flexibility index (Phi) is 4.87. The van der Waals surface area contributed by atoms with Crippen LogP contribution in [0.1, 0.15) is 29.0 Å². The van der Waals surface area contributed by atoms with E-state index in [9.17, 15) is 13.6 Å². The number of carbonyl (C=O) groups excluding carboxylic acids is 1. The van der Waals surface area contributed by atoms with Gasteiger partial charge in [-0.25, -0.2) is 18.7 Å². The van der Waals surface area contributed by atoms with Crippen molar-refractivity contribution in [2.75, 3.05) is 11.9 Å². The second kappa shape index (κ2) is 7.50. The van der Waals surface area contributed by atoms with Gasteiger partial charge in [-0.15, -0.1) is 0 Å². The third-order valence-corrected chi connectivity index (χ3v) is 5.07. The first-order valence-electron chi connectivity index (χ1n) is 9.04. The van der Waals surface area contributed by atoms with Gasteiger partial charge in [-0.1, -0.05) is 0 Å². The zero-order valence-electron chi connectivity index (χ0n) is 15.3. The van der Waals surface area contributed by atoms with E-state index in [0.717, 1.165) is 0 Å². The average molecular weight is 396 g/mol. The Morgan fingerprint density at radius 3 is 2.55 bits per heavy atom. The summed E-state index contributed by atoms with van der Waals surface area (Å²) in [6.45, 7) is 0.266. The van der Waals surface area contributed by atoms with E-state index < -0.39 is 23.3 Å². The Balaban J connectivity index is 1.50. The van der Waals surface area contributed by atoms with Crippen molar-refractivity contribution in [3.05, 3.63) is 66.3 Å². The molecule has 4 rings (SSSR count). The molecule has 1 aliphatic carbocycles. The molecule has 9 heteroatoms. The summed E-state index contributed by atoms with van der Waals surface area (Å²) in [6.07, 6.45) is 5.57. The molecule has 0 saturated heterocycles. The maximum atomic E-state index is 14.2. The molecule has 3 N–H and O–H groups in total.